The smallest absolute Gasteiger partial charge is 0.204 e. The van der Waals surface area contributed by atoms with Crippen LogP contribution >= 0.6 is 0 Å². The fourth-order valence-electron chi connectivity index (χ4n) is 3.29. The minimum absolute atomic E-state index is 0.0184. The second-order valence-electron chi connectivity index (χ2n) is 6.92. The topological polar surface area (TPSA) is 179 Å². The molecule has 172 valence electrons. The molecule has 1 atom stereocenters. The van der Waals surface area contributed by atoms with E-state index in [-0.39, 0.29) is 49.1 Å². The van der Waals surface area contributed by atoms with Crippen LogP contribution in [0.5, 0.6) is 0 Å². The van der Waals surface area contributed by atoms with E-state index in [1.807, 2.05) is 6.92 Å². The van der Waals surface area contributed by atoms with Crippen LogP contribution in [0.4, 0.5) is 11.4 Å². The number of rotatable bonds is 14. The molecule has 1 aliphatic rings. The molecule has 33 heavy (non-hydrogen) atoms. The van der Waals surface area contributed by atoms with Crippen LogP contribution in [0.15, 0.2) is 58.1 Å². The van der Waals surface area contributed by atoms with Gasteiger partial charge >= 0.3 is 0 Å². The molecule has 0 fully saturated rings. The standard InChI is InChI=1S/C21H25N9O3/c1-2-29(10-8-26-33)19-12-20(31)18(11-21(19)32)27-15-3-5-16(6-4-15)30(9-7-22)17(13-23)14-25-28-24/h3-7,11-13,17,22-23,27H,2,8-10,14H2,1H3. The number of allylic oxidation sites excluding steroid dienone is 2. The Kier molecular flexibility index (Phi) is 9.47. The number of carbonyl (C=O) groups excluding carboxylic acids is 2. The average Bonchev–Trinajstić information content (AvgIpc) is 2.82. The molecule has 0 aliphatic heterocycles. The number of azide groups is 1. The fourth-order valence-corrected chi connectivity index (χ4v) is 3.29. The lowest BCUT2D eigenvalue weighted by molar-refractivity contribution is -0.116. The summed E-state index contributed by atoms with van der Waals surface area (Å²) >= 11 is 0. The third-order valence-electron chi connectivity index (χ3n) is 4.94. The number of nitrogens with one attached hydrogen (secondary N) is 3. The van der Waals surface area contributed by atoms with Crippen LogP contribution in [0.2, 0.25) is 0 Å². The lowest BCUT2D eigenvalue weighted by Crippen LogP contribution is -2.39. The monoisotopic (exact) mass is 451 g/mol. The van der Waals surface area contributed by atoms with Gasteiger partial charge in [-0.05, 0) is 36.7 Å². The summed E-state index contributed by atoms with van der Waals surface area (Å²) in [6.07, 6.45) is 4.82. The van der Waals surface area contributed by atoms with Crippen molar-refractivity contribution in [3.8, 4) is 0 Å². The summed E-state index contributed by atoms with van der Waals surface area (Å²) in [5.74, 6) is -0.708. The molecule has 0 saturated carbocycles. The van der Waals surface area contributed by atoms with E-state index in [4.69, 9.17) is 16.3 Å². The number of benzene rings is 1. The molecule has 1 aromatic carbocycles. The van der Waals surface area contributed by atoms with Crippen molar-refractivity contribution in [3.63, 3.8) is 0 Å². The van der Waals surface area contributed by atoms with E-state index >= 15 is 0 Å². The van der Waals surface area contributed by atoms with Gasteiger partial charge in [-0.1, -0.05) is 10.3 Å². The molecule has 1 unspecified atom stereocenters. The predicted molar refractivity (Wildman–Crippen MR) is 127 cm³/mol. The lowest BCUT2D eigenvalue weighted by Gasteiger charge is -2.29. The number of likely N-dealkylation sites (N-methyl/N-ethyl adjacent to an activating group) is 1. The van der Waals surface area contributed by atoms with Crippen LogP contribution in [-0.2, 0) is 9.59 Å². The summed E-state index contributed by atoms with van der Waals surface area (Å²) in [5, 5.41) is 24.3. The Bertz CT molecular complexity index is 1010. The van der Waals surface area contributed by atoms with E-state index < -0.39 is 6.04 Å². The second-order valence-corrected chi connectivity index (χ2v) is 6.92. The summed E-state index contributed by atoms with van der Waals surface area (Å²) in [7, 11) is 0. The van der Waals surface area contributed by atoms with Gasteiger partial charge in [0.25, 0.3) is 0 Å². The largest absolute Gasteiger partial charge is 0.367 e. The van der Waals surface area contributed by atoms with Crippen LogP contribution in [-0.4, -0.2) is 67.7 Å². The zero-order valence-electron chi connectivity index (χ0n) is 18.1. The number of nitroso groups, excluding NO2 is 1. The molecular formula is C21H25N9O3. The van der Waals surface area contributed by atoms with E-state index in [0.29, 0.717) is 17.9 Å². The Hall–Kier alpha value is -4.31. The van der Waals surface area contributed by atoms with Gasteiger partial charge in [0.15, 0.2) is 0 Å². The molecule has 0 amide bonds. The zero-order chi connectivity index (χ0) is 24.2. The number of carbonyl (C=O) groups is 2. The maximum atomic E-state index is 12.6. The van der Waals surface area contributed by atoms with Crippen molar-refractivity contribution >= 4 is 35.4 Å². The summed E-state index contributed by atoms with van der Waals surface area (Å²) < 4.78 is 0. The maximum Gasteiger partial charge on any atom is 0.204 e. The Morgan fingerprint density at radius 3 is 2.48 bits per heavy atom. The first-order valence-corrected chi connectivity index (χ1v) is 10.2. The van der Waals surface area contributed by atoms with E-state index in [9.17, 15) is 14.5 Å². The van der Waals surface area contributed by atoms with E-state index in [1.165, 1.54) is 18.4 Å². The normalized spacial score (nSPS) is 13.7. The van der Waals surface area contributed by atoms with Gasteiger partial charge in [-0.2, -0.15) is 4.91 Å². The maximum absolute atomic E-state index is 12.6. The first-order valence-electron chi connectivity index (χ1n) is 10.2. The fraction of sp³-hybridized carbons (Fsp3) is 0.333. The number of hydrogen-bond donors (Lipinski definition) is 3. The van der Waals surface area contributed by atoms with Crippen LogP contribution in [0.1, 0.15) is 6.92 Å². The number of anilines is 2. The highest BCUT2D eigenvalue weighted by atomic mass is 16.3. The Labute approximate surface area is 190 Å². The summed E-state index contributed by atoms with van der Waals surface area (Å²) in [6.45, 7) is 2.81. The molecule has 0 heterocycles. The van der Waals surface area contributed by atoms with Crippen LogP contribution in [0.25, 0.3) is 10.4 Å². The summed E-state index contributed by atoms with van der Waals surface area (Å²) in [5.41, 5.74) is 10.2. The number of ketones is 2. The first kappa shape index (κ1) is 25.0. The summed E-state index contributed by atoms with van der Waals surface area (Å²) in [4.78, 5) is 41.6. The Morgan fingerprint density at radius 2 is 1.91 bits per heavy atom. The van der Waals surface area contributed by atoms with Crippen molar-refractivity contribution in [1.29, 1.82) is 10.8 Å². The van der Waals surface area contributed by atoms with Gasteiger partial charge in [0.2, 0.25) is 11.6 Å². The van der Waals surface area contributed by atoms with Crippen LogP contribution < -0.4 is 10.2 Å². The van der Waals surface area contributed by atoms with Gasteiger partial charge in [-0.15, -0.1) is 0 Å². The predicted octanol–water partition coefficient (Wildman–Crippen LogP) is 2.89. The quantitative estimate of drug-likeness (QED) is 0.0977. The Morgan fingerprint density at radius 1 is 1.18 bits per heavy atom. The van der Waals surface area contributed by atoms with Crippen molar-refractivity contribution in [2.24, 2.45) is 10.3 Å². The third kappa shape index (κ3) is 6.58. The van der Waals surface area contributed by atoms with Crippen molar-refractivity contribution < 1.29 is 9.59 Å². The van der Waals surface area contributed by atoms with Gasteiger partial charge in [-0.3, -0.25) is 9.59 Å². The molecule has 3 N–H and O–H groups in total. The van der Waals surface area contributed by atoms with Gasteiger partial charge in [0.05, 0.1) is 37.1 Å². The lowest BCUT2D eigenvalue weighted by atomic mass is 10.0. The van der Waals surface area contributed by atoms with E-state index in [0.717, 1.165) is 6.21 Å². The molecule has 1 aliphatic carbocycles. The van der Waals surface area contributed by atoms with Gasteiger partial charge < -0.3 is 25.9 Å². The van der Waals surface area contributed by atoms with Crippen molar-refractivity contribution in [2.75, 3.05) is 42.9 Å². The number of nitrogens with zero attached hydrogens (tertiary/aromatic N) is 6. The molecule has 0 bridgehead atoms. The van der Waals surface area contributed by atoms with E-state index in [1.54, 1.807) is 34.1 Å². The molecule has 2 rings (SSSR count). The highest BCUT2D eigenvalue weighted by molar-refractivity contribution is 6.20. The molecule has 1 aromatic rings. The second kappa shape index (κ2) is 12.5. The van der Waals surface area contributed by atoms with E-state index in [2.05, 4.69) is 20.5 Å². The number of hydrogen-bond acceptors (Lipinski definition) is 10. The van der Waals surface area contributed by atoms with Gasteiger partial charge in [0, 0.05) is 54.0 Å². The SMILES string of the molecule is CCN(CCN=O)C1=CC(=O)C(Nc2ccc(N(CC=N)C(C=N)CN=[N+]=[N-])cc2)=CC1=O. The van der Waals surface area contributed by atoms with Gasteiger partial charge in [0.1, 0.15) is 0 Å². The third-order valence-corrected chi connectivity index (χ3v) is 4.94. The minimum Gasteiger partial charge on any atom is -0.367 e. The van der Waals surface area contributed by atoms with Crippen LogP contribution in [0, 0.1) is 15.7 Å². The molecule has 0 radical (unpaired) electrons. The molecule has 0 spiro atoms. The molecule has 0 aromatic heterocycles. The summed E-state index contributed by atoms with van der Waals surface area (Å²) in [6, 6.07) is 6.36. The highest BCUT2D eigenvalue weighted by Crippen LogP contribution is 2.22. The molecular weight excluding hydrogens is 426 g/mol. The first-order chi connectivity index (χ1) is 16.0. The molecule has 12 nitrogen and oxygen atoms in total. The zero-order valence-corrected chi connectivity index (χ0v) is 18.1. The minimum atomic E-state index is -0.513. The van der Waals surface area contributed by atoms with Crippen molar-refractivity contribution in [2.45, 2.75) is 13.0 Å². The Balaban J connectivity index is 2.16. The highest BCUT2D eigenvalue weighted by Gasteiger charge is 2.24. The van der Waals surface area contributed by atoms with Crippen molar-refractivity contribution in [3.05, 3.63) is 63.2 Å². The van der Waals surface area contributed by atoms with Crippen LogP contribution in [0.3, 0.4) is 0 Å². The average molecular weight is 451 g/mol. The van der Waals surface area contributed by atoms with Crippen molar-refractivity contribution in [1.82, 2.24) is 4.90 Å². The molecule has 0 saturated heterocycles. The van der Waals surface area contributed by atoms with Gasteiger partial charge in [-0.25, -0.2) is 0 Å². The molecule has 12 heteroatoms.